The predicted octanol–water partition coefficient (Wildman–Crippen LogP) is 1.31. The van der Waals surface area contributed by atoms with Gasteiger partial charge >= 0.3 is 0 Å². The molecular formula is C14H16N6. The first-order valence-corrected chi connectivity index (χ1v) is 6.42. The fourth-order valence-corrected chi connectivity index (χ4v) is 2.13. The molecule has 0 radical (unpaired) electrons. The van der Waals surface area contributed by atoms with Gasteiger partial charge in [-0.15, -0.1) is 0 Å². The number of aromatic nitrogens is 5. The number of aryl methyl sites for hydroxylation is 1. The van der Waals surface area contributed by atoms with E-state index in [-0.39, 0.29) is 6.04 Å². The summed E-state index contributed by atoms with van der Waals surface area (Å²) in [5.74, 6) is 0. The fraction of sp³-hybridized carbons (Fsp3) is 0.214. The van der Waals surface area contributed by atoms with E-state index in [1.807, 2.05) is 56.7 Å². The molecule has 0 saturated heterocycles. The van der Waals surface area contributed by atoms with Crippen molar-refractivity contribution in [1.29, 1.82) is 0 Å². The van der Waals surface area contributed by atoms with E-state index in [1.165, 1.54) is 0 Å². The van der Waals surface area contributed by atoms with E-state index in [4.69, 9.17) is 0 Å². The number of hydrogen-bond acceptors (Lipinski definition) is 4. The summed E-state index contributed by atoms with van der Waals surface area (Å²) in [6, 6.07) is 11.8. The summed E-state index contributed by atoms with van der Waals surface area (Å²) in [4.78, 5) is 1.63. The van der Waals surface area contributed by atoms with Gasteiger partial charge in [-0.05, 0) is 25.2 Å². The molecule has 0 amide bonds. The lowest BCUT2D eigenvalue weighted by Gasteiger charge is -2.09. The zero-order chi connectivity index (χ0) is 13.9. The average molecular weight is 268 g/mol. The van der Waals surface area contributed by atoms with Crippen LogP contribution >= 0.6 is 0 Å². The van der Waals surface area contributed by atoms with Gasteiger partial charge < -0.3 is 5.32 Å². The molecule has 6 nitrogen and oxygen atoms in total. The molecule has 0 fully saturated rings. The molecule has 0 saturated carbocycles. The zero-order valence-corrected chi connectivity index (χ0v) is 11.4. The van der Waals surface area contributed by atoms with Gasteiger partial charge in [-0.2, -0.15) is 20.1 Å². The maximum absolute atomic E-state index is 4.53. The molecule has 6 heteroatoms. The maximum Gasteiger partial charge on any atom is 0.106 e. The molecule has 102 valence electrons. The van der Waals surface area contributed by atoms with Crippen LogP contribution in [0.5, 0.6) is 0 Å². The van der Waals surface area contributed by atoms with Gasteiger partial charge in [0.1, 0.15) is 5.69 Å². The SMILES string of the molecule is CNC(c1ccn(C)n1)c1cnn(-c2ccccc2)n1. The number of nitrogens with one attached hydrogen (secondary N) is 1. The van der Waals surface area contributed by atoms with Crippen molar-refractivity contribution in [3.8, 4) is 5.69 Å². The van der Waals surface area contributed by atoms with E-state index >= 15 is 0 Å². The molecule has 20 heavy (non-hydrogen) atoms. The van der Waals surface area contributed by atoms with Crippen LogP contribution < -0.4 is 5.32 Å². The number of benzene rings is 1. The van der Waals surface area contributed by atoms with Crippen molar-refractivity contribution < 1.29 is 0 Å². The summed E-state index contributed by atoms with van der Waals surface area (Å²) in [5, 5.41) is 16.5. The van der Waals surface area contributed by atoms with Crippen molar-refractivity contribution >= 4 is 0 Å². The van der Waals surface area contributed by atoms with E-state index in [0.29, 0.717) is 0 Å². The topological polar surface area (TPSA) is 60.6 Å². The lowest BCUT2D eigenvalue weighted by Crippen LogP contribution is -2.19. The summed E-state index contributed by atoms with van der Waals surface area (Å²) < 4.78 is 1.78. The Morgan fingerprint density at radius 1 is 1.05 bits per heavy atom. The summed E-state index contributed by atoms with van der Waals surface area (Å²) >= 11 is 0. The Morgan fingerprint density at radius 2 is 1.85 bits per heavy atom. The van der Waals surface area contributed by atoms with Crippen molar-refractivity contribution in [1.82, 2.24) is 30.1 Å². The Bertz CT molecular complexity index is 685. The standard InChI is InChI=1S/C14H16N6/c1-15-14(12-8-9-19(2)17-12)13-10-16-20(18-13)11-6-4-3-5-7-11/h3-10,14-15H,1-2H3. The number of hydrogen-bond donors (Lipinski definition) is 1. The highest BCUT2D eigenvalue weighted by Crippen LogP contribution is 2.18. The van der Waals surface area contributed by atoms with Crippen LogP contribution in [0.2, 0.25) is 0 Å². The van der Waals surface area contributed by atoms with E-state index in [1.54, 1.807) is 15.7 Å². The second-order valence-electron chi connectivity index (χ2n) is 4.53. The van der Waals surface area contributed by atoms with Crippen molar-refractivity contribution in [3.63, 3.8) is 0 Å². The number of rotatable bonds is 4. The van der Waals surface area contributed by atoms with Crippen molar-refractivity contribution in [2.24, 2.45) is 7.05 Å². The van der Waals surface area contributed by atoms with Crippen LogP contribution in [0.25, 0.3) is 5.69 Å². The molecule has 0 aliphatic rings. The van der Waals surface area contributed by atoms with E-state index in [9.17, 15) is 0 Å². The highest BCUT2D eigenvalue weighted by molar-refractivity contribution is 5.29. The van der Waals surface area contributed by atoms with Crippen molar-refractivity contribution in [3.05, 3.63) is 60.2 Å². The monoisotopic (exact) mass is 268 g/mol. The first-order valence-electron chi connectivity index (χ1n) is 6.42. The van der Waals surface area contributed by atoms with Crippen LogP contribution in [-0.2, 0) is 7.05 Å². The lowest BCUT2D eigenvalue weighted by molar-refractivity contribution is 0.616. The van der Waals surface area contributed by atoms with Crippen LogP contribution in [0.1, 0.15) is 17.4 Å². The third kappa shape index (κ3) is 2.33. The minimum absolute atomic E-state index is 0.0614. The lowest BCUT2D eigenvalue weighted by atomic mass is 10.1. The van der Waals surface area contributed by atoms with E-state index in [0.717, 1.165) is 17.1 Å². The van der Waals surface area contributed by atoms with Crippen LogP contribution in [0, 0.1) is 0 Å². The Hall–Kier alpha value is -2.47. The summed E-state index contributed by atoms with van der Waals surface area (Å²) in [6.45, 7) is 0. The highest BCUT2D eigenvalue weighted by Gasteiger charge is 2.18. The molecule has 0 bridgehead atoms. The molecule has 1 atom stereocenters. The third-order valence-electron chi connectivity index (χ3n) is 3.11. The molecule has 0 aliphatic heterocycles. The van der Waals surface area contributed by atoms with Crippen LogP contribution in [0.3, 0.4) is 0 Å². The second kappa shape index (κ2) is 5.26. The smallest absolute Gasteiger partial charge is 0.106 e. The minimum Gasteiger partial charge on any atom is -0.307 e. The summed E-state index contributed by atoms with van der Waals surface area (Å²) in [7, 11) is 3.79. The second-order valence-corrected chi connectivity index (χ2v) is 4.53. The number of nitrogens with zero attached hydrogens (tertiary/aromatic N) is 5. The fourth-order valence-electron chi connectivity index (χ4n) is 2.13. The molecule has 0 aliphatic carbocycles. The molecule has 2 heterocycles. The molecule has 3 aromatic rings. The molecule has 2 aromatic heterocycles. The van der Waals surface area contributed by atoms with Gasteiger partial charge in [-0.3, -0.25) is 4.68 Å². The average Bonchev–Trinajstić information content (AvgIpc) is 3.11. The Balaban J connectivity index is 1.92. The Kier molecular flexibility index (Phi) is 3.30. The van der Waals surface area contributed by atoms with E-state index in [2.05, 4.69) is 20.6 Å². The largest absolute Gasteiger partial charge is 0.307 e. The molecule has 1 unspecified atom stereocenters. The Morgan fingerprint density at radius 3 is 2.50 bits per heavy atom. The van der Waals surface area contributed by atoms with Gasteiger partial charge in [0.05, 0.1) is 23.6 Å². The van der Waals surface area contributed by atoms with Crippen LogP contribution in [0.15, 0.2) is 48.8 Å². The molecule has 0 spiro atoms. The third-order valence-corrected chi connectivity index (χ3v) is 3.11. The minimum atomic E-state index is -0.0614. The van der Waals surface area contributed by atoms with Gasteiger partial charge in [0.15, 0.2) is 0 Å². The van der Waals surface area contributed by atoms with Crippen molar-refractivity contribution in [2.45, 2.75) is 6.04 Å². The Labute approximate surface area is 117 Å². The van der Waals surface area contributed by atoms with Crippen LogP contribution in [-0.4, -0.2) is 31.8 Å². The first kappa shape index (κ1) is 12.6. The molecule has 3 rings (SSSR count). The quantitative estimate of drug-likeness (QED) is 0.775. The molecular weight excluding hydrogens is 252 g/mol. The zero-order valence-electron chi connectivity index (χ0n) is 11.4. The van der Waals surface area contributed by atoms with Crippen molar-refractivity contribution in [2.75, 3.05) is 7.05 Å². The van der Waals surface area contributed by atoms with Crippen LogP contribution in [0.4, 0.5) is 0 Å². The molecule has 1 N–H and O–H groups in total. The van der Waals surface area contributed by atoms with Gasteiger partial charge in [0.25, 0.3) is 0 Å². The number of para-hydroxylation sites is 1. The first-order chi connectivity index (χ1) is 9.78. The van der Waals surface area contributed by atoms with Gasteiger partial charge in [0.2, 0.25) is 0 Å². The van der Waals surface area contributed by atoms with E-state index < -0.39 is 0 Å². The maximum atomic E-state index is 4.53. The molecule has 1 aromatic carbocycles. The highest BCUT2D eigenvalue weighted by atomic mass is 15.5. The predicted molar refractivity (Wildman–Crippen MR) is 75.5 cm³/mol. The normalized spacial score (nSPS) is 12.5. The summed E-state index contributed by atoms with van der Waals surface area (Å²) in [6.07, 6.45) is 3.68. The summed E-state index contributed by atoms with van der Waals surface area (Å²) in [5.41, 5.74) is 2.71. The van der Waals surface area contributed by atoms with Gasteiger partial charge in [-0.25, -0.2) is 0 Å². The van der Waals surface area contributed by atoms with Gasteiger partial charge in [0, 0.05) is 13.2 Å². The van der Waals surface area contributed by atoms with Gasteiger partial charge in [-0.1, -0.05) is 18.2 Å².